The smallest absolute Gasteiger partial charge is 0.228 e. The predicted octanol–water partition coefficient (Wildman–Crippen LogP) is 2.93. The van der Waals surface area contributed by atoms with Crippen LogP contribution in [0.2, 0.25) is 0 Å². The van der Waals surface area contributed by atoms with Crippen LogP contribution in [0, 0.1) is 5.92 Å². The van der Waals surface area contributed by atoms with Crippen LogP contribution in [-0.4, -0.2) is 53.6 Å². The van der Waals surface area contributed by atoms with Crippen molar-refractivity contribution >= 4 is 33.4 Å². The van der Waals surface area contributed by atoms with Gasteiger partial charge in [-0.1, -0.05) is 41.7 Å². The first kappa shape index (κ1) is 19.8. The van der Waals surface area contributed by atoms with Crippen LogP contribution in [0.4, 0.5) is 10.3 Å². The first-order valence-corrected chi connectivity index (χ1v) is 11.1. The van der Waals surface area contributed by atoms with Crippen LogP contribution in [0.3, 0.4) is 0 Å². The first-order valence-electron chi connectivity index (χ1n) is 10.3. The van der Waals surface area contributed by atoms with E-state index in [1.807, 2.05) is 42.3 Å². The highest BCUT2D eigenvalue weighted by atomic mass is 32.1. The van der Waals surface area contributed by atoms with Gasteiger partial charge in [-0.25, -0.2) is 0 Å². The van der Waals surface area contributed by atoms with Crippen LogP contribution in [-0.2, 0) is 16.1 Å². The molecule has 1 atom stereocenters. The number of carbonyl (C=O) groups excluding carboxylic acids is 2. The van der Waals surface area contributed by atoms with Gasteiger partial charge < -0.3 is 9.80 Å². The lowest BCUT2D eigenvalue weighted by molar-refractivity contribution is -0.135. The third-order valence-corrected chi connectivity index (χ3v) is 6.64. The molecule has 0 radical (unpaired) electrons. The molecule has 2 fully saturated rings. The summed E-state index contributed by atoms with van der Waals surface area (Å²) >= 11 is 1.46. The molecule has 0 spiro atoms. The van der Waals surface area contributed by atoms with Crippen LogP contribution in [0.15, 0.2) is 30.3 Å². The number of hydrogen-bond acceptors (Lipinski definition) is 6. The van der Waals surface area contributed by atoms with Crippen molar-refractivity contribution in [2.24, 2.45) is 5.92 Å². The Labute approximate surface area is 175 Å². The topological polar surface area (TPSA) is 69.6 Å². The van der Waals surface area contributed by atoms with Gasteiger partial charge in [-0.3, -0.25) is 14.5 Å². The molecule has 29 heavy (non-hydrogen) atoms. The predicted molar refractivity (Wildman–Crippen MR) is 114 cm³/mol. The van der Waals surface area contributed by atoms with E-state index in [9.17, 15) is 9.59 Å². The molecule has 2 aliphatic rings. The number of rotatable bonds is 5. The molecule has 0 saturated carbocycles. The molecule has 0 N–H and O–H groups in total. The number of hydrogen-bond donors (Lipinski definition) is 0. The number of aromatic nitrogens is 2. The van der Waals surface area contributed by atoms with E-state index in [0.29, 0.717) is 24.6 Å². The van der Waals surface area contributed by atoms with Gasteiger partial charge in [0.05, 0.1) is 5.92 Å². The van der Waals surface area contributed by atoms with Crippen LogP contribution in [0.5, 0.6) is 0 Å². The standard InChI is InChI=1S/C21H27N5O2S/c1-24(14-16-8-3-2-4-9-16)19(28)17-10-7-12-25(15-17)20-22-23-21(29-20)26-13-6-5-11-18(26)27/h2-4,8-9,17H,5-7,10-15H2,1H3. The van der Waals surface area contributed by atoms with Crippen molar-refractivity contribution in [3.63, 3.8) is 0 Å². The van der Waals surface area contributed by atoms with Crippen molar-refractivity contribution in [2.45, 2.75) is 38.6 Å². The summed E-state index contributed by atoms with van der Waals surface area (Å²) in [5, 5.41) is 10.1. The minimum atomic E-state index is -0.0403. The highest BCUT2D eigenvalue weighted by Gasteiger charge is 2.30. The molecule has 2 aromatic rings. The molecule has 3 heterocycles. The molecule has 1 aromatic heterocycles. The highest BCUT2D eigenvalue weighted by molar-refractivity contribution is 7.19. The van der Waals surface area contributed by atoms with Gasteiger partial charge in [0.1, 0.15) is 0 Å². The van der Waals surface area contributed by atoms with Gasteiger partial charge in [0.15, 0.2) is 0 Å². The van der Waals surface area contributed by atoms with Crippen LogP contribution < -0.4 is 9.80 Å². The second-order valence-electron chi connectivity index (χ2n) is 7.83. The molecule has 2 saturated heterocycles. The number of nitrogens with zero attached hydrogens (tertiary/aromatic N) is 5. The summed E-state index contributed by atoms with van der Waals surface area (Å²) in [5.74, 6) is 0.268. The van der Waals surface area contributed by atoms with Gasteiger partial charge in [0.2, 0.25) is 22.1 Å². The van der Waals surface area contributed by atoms with Gasteiger partial charge in [-0.15, -0.1) is 10.2 Å². The van der Waals surface area contributed by atoms with Crippen molar-refractivity contribution in [3.05, 3.63) is 35.9 Å². The fourth-order valence-electron chi connectivity index (χ4n) is 4.05. The van der Waals surface area contributed by atoms with E-state index in [-0.39, 0.29) is 17.7 Å². The average Bonchev–Trinajstić information content (AvgIpc) is 3.24. The van der Waals surface area contributed by atoms with Gasteiger partial charge in [0.25, 0.3) is 0 Å². The fourth-order valence-corrected chi connectivity index (χ4v) is 4.98. The number of amides is 2. The number of piperidine rings is 2. The maximum Gasteiger partial charge on any atom is 0.228 e. The van der Waals surface area contributed by atoms with Gasteiger partial charge in [-0.2, -0.15) is 0 Å². The van der Waals surface area contributed by atoms with E-state index in [1.54, 1.807) is 4.90 Å². The van der Waals surface area contributed by atoms with Crippen molar-refractivity contribution in [1.82, 2.24) is 15.1 Å². The lowest BCUT2D eigenvalue weighted by Gasteiger charge is -2.33. The van der Waals surface area contributed by atoms with Gasteiger partial charge in [0, 0.05) is 39.6 Å². The Morgan fingerprint density at radius 3 is 2.72 bits per heavy atom. The normalized spacial score (nSPS) is 20.0. The molecular weight excluding hydrogens is 386 g/mol. The Balaban J connectivity index is 1.39. The molecule has 154 valence electrons. The maximum atomic E-state index is 13.0. The SMILES string of the molecule is CN(Cc1ccccc1)C(=O)C1CCCN(c2nnc(N3CCCCC3=O)s2)C1. The molecule has 0 aliphatic carbocycles. The molecule has 0 bridgehead atoms. The van der Waals surface area contributed by atoms with E-state index in [4.69, 9.17) is 0 Å². The minimum absolute atomic E-state index is 0.0403. The Kier molecular flexibility index (Phi) is 6.08. The molecule has 7 nitrogen and oxygen atoms in total. The van der Waals surface area contributed by atoms with E-state index < -0.39 is 0 Å². The van der Waals surface area contributed by atoms with Crippen LogP contribution in [0.1, 0.15) is 37.7 Å². The Morgan fingerprint density at radius 2 is 1.93 bits per heavy atom. The number of anilines is 2. The van der Waals surface area contributed by atoms with Crippen LogP contribution in [0.25, 0.3) is 0 Å². The molecule has 1 unspecified atom stereocenters. The average molecular weight is 414 g/mol. The zero-order chi connectivity index (χ0) is 20.2. The summed E-state index contributed by atoms with van der Waals surface area (Å²) in [6.45, 7) is 2.87. The largest absolute Gasteiger partial charge is 0.346 e. The zero-order valence-corrected chi connectivity index (χ0v) is 17.6. The van der Waals surface area contributed by atoms with E-state index in [0.717, 1.165) is 49.5 Å². The molecule has 2 aliphatic heterocycles. The van der Waals surface area contributed by atoms with E-state index in [1.165, 1.54) is 11.3 Å². The molecule has 4 rings (SSSR count). The van der Waals surface area contributed by atoms with Gasteiger partial charge >= 0.3 is 0 Å². The van der Waals surface area contributed by atoms with Crippen molar-refractivity contribution in [1.29, 1.82) is 0 Å². The minimum Gasteiger partial charge on any atom is -0.346 e. The third-order valence-electron chi connectivity index (χ3n) is 5.64. The van der Waals surface area contributed by atoms with Crippen molar-refractivity contribution in [3.8, 4) is 0 Å². The molecule has 8 heteroatoms. The lowest BCUT2D eigenvalue weighted by Crippen LogP contribution is -2.43. The molecule has 1 aromatic carbocycles. The van der Waals surface area contributed by atoms with Crippen molar-refractivity contribution < 1.29 is 9.59 Å². The maximum absolute atomic E-state index is 13.0. The number of carbonyl (C=O) groups is 2. The second-order valence-corrected chi connectivity index (χ2v) is 8.77. The van der Waals surface area contributed by atoms with E-state index >= 15 is 0 Å². The van der Waals surface area contributed by atoms with E-state index in [2.05, 4.69) is 15.1 Å². The van der Waals surface area contributed by atoms with Crippen molar-refractivity contribution in [2.75, 3.05) is 36.5 Å². The summed E-state index contributed by atoms with van der Waals surface area (Å²) in [5.41, 5.74) is 1.14. The Morgan fingerprint density at radius 1 is 1.14 bits per heavy atom. The molecule has 2 amide bonds. The third kappa shape index (κ3) is 4.58. The quantitative estimate of drug-likeness (QED) is 0.754. The lowest BCUT2D eigenvalue weighted by atomic mass is 9.97. The summed E-state index contributed by atoms with van der Waals surface area (Å²) in [6, 6.07) is 10.1. The summed E-state index contributed by atoms with van der Waals surface area (Å²) in [7, 11) is 1.87. The molecular formula is C21H27N5O2S. The zero-order valence-electron chi connectivity index (χ0n) is 16.8. The summed E-state index contributed by atoms with van der Waals surface area (Å²) < 4.78 is 0. The fraction of sp³-hybridized carbons (Fsp3) is 0.524. The summed E-state index contributed by atoms with van der Waals surface area (Å²) in [4.78, 5) is 30.9. The number of benzene rings is 1. The van der Waals surface area contributed by atoms with Gasteiger partial charge in [-0.05, 0) is 31.2 Å². The van der Waals surface area contributed by atoms with Crippen LogP contribution >= 0.6 is 11.3 Å². The Hall–Kier alpha value is -2.48. The monoisotopic (exact) mass is 413 g/mol. The first-order chi connectivity index (χ1) is 14.1. The summed E-state index contributed by atoms with van der Waals surface area (Å²) in [6.07, 6.45) is 4.39. The Bertz CT molecular complexity index is 856. The second kappa shape index (κ2) is 8.90. The highest BCUT2D eigenvalue weighted by Crippen LogP contribution is 2.32.